The number of rotatable bonds is 60. The zero-order valence-electron chi connectivity index (χ0n) is 50.1. The zero-order valence-corrected chi connectivity index (χ0v) is 50.1. The SMILES string of the molecule is CC/C=C\C/C=C\C/C=C\C/C=C\CCCCCCCCCCCCCCCCCCCCC(=O)OCC(COC(=O)CCCCCCCCC)OC(=O)CCCCCCCCCCC/C=C\CCCCCCCC. The van der Waals surface area contributed by atoms with Crippen LogP contribution in [0.15, 0.2) is 60.8 Å². The van der Waals surface area contributed by atoms with Crippen molar-refractivity contribution in [3.05, 3.63) is 60.8 Å². The molecule has 0 aliphatic rings. The fraction of sp³-hybridized carbons (Fsp3) is 0.812. The number of hydrogen-bond donors (Lipinski definition) is 0. The molecule has 0 rings (SSSR count). The van der Waals surface area contributed by atoms with Gasteiger partial charge >= 0.3 is 17.9 Å². The second-order valence-electron chi connectivity index (χ2n) is 22.0. The first-order chi connectivity index (χ1) is 37.0. The highest BCUT2D eigenvalue weighted by Gasteiger charge is 2.19. The Labute approximate surface area is 466 Å². The molecule has 0 aliphatic carbocycles. The number of hydrogen-bond acceptors (Lipinski definition) is 6. The fourth-order valence-electron chi connectivity index (χ4n) is 9.61. The Morgan fingerprint density at radius 2 is 0.520 bits per heavy atom. The van der Waals surface area contributed by atoms with Crippen molar-refractivity contribution in [3.8, 4) is 0 Å². The van der Waals surface area contributed by atoms with Crippen LogP contribution in [0.4, 0.5) is 0 Å². The molecule has 436 valence electrons. The van der Waals surface area contributed by atoms with Gasteiger partial charge in [-0.15, -0.1) is 0 Å². The average Bonchev–Trinajstić information content (AvgIpc) is 3.41. The molecule has 0 aliphatic heterocycles. The topological polar surface area (TPSA) is 78.9 Å². The van der Waals surface area contributed by atoms with Crippen molar-refractivity contribution < 1.29 is 28.6 Å². The van der Waals surface area contributed by atoms with E-state index in [1.807, 2.05) is 0 Å². The Morgan fingerprint density at radius 1 is 0.280 bits per heavy atom. The highest BCUT2D eigenvalue weighted by atomic mass is 16.6. The van der Waals surface area contributed by atoms with Gasteiger partial charge in [-0.2, -0.15) is 0 Å². The largest absolute Gasteiger partial charge is 0.462 e. The zero-order chi connectivity index (χ0) is 54.3. The van der Waals surface area contributed by atoms with Gasteiger partial charge < -0.3 is 14.2 Å². The summed E-state index contributed by atoms with van der Waals surface area (Å²) in [5, 5.41) is 0. The molecule has 0 aromatic carbocycles. The van der Waals surface area contributed by atoms with Crippen LogP contribution in [0, 0.1) is 0 Å². The number of allylic oxidation sites excluding steroid dienone is 10. The monoisotopic (exact) mass is 1050 g/mol. The summed E-state index contributed by atoms with van der Waals surface area (Å²) in [5.74, 6) is -0.860. The molecule has 0 aromatic heterocycles. The third kappa shape index (κ3) is 61.8. The van der Waals surface area contributed by atoms with E-state index < -0.39 is 6.10 Å². The molecular formula is C69H124O6. The molecule has 0 saturated heterocycles. The lowest BCUT2D eigenvalue weighted by Gasteiger charge is -2.18. The summed E-state index contributed by atoms with van der Waals surface area (Å²) < 4.78 is 16.9. The van der Waals surface area contributed by atoms with E-state index in [-0.39, 0.29) is 31.1 Å². The number of carbonyl (C=O) groups excluding carboxylic acids is 3. The molecular weight excluding hydrogens is 925 g/mol. The Balaban J connectivity index is 4.03. The van der Waals surface area contributed by atoms with Crippen molar-refractivity contribution in [1.29, 1.82) is 0 Å². The van der Waals surface area contributed by atoms with Gasteiger partial charge in [0.1, 0.15) is 13.2 Å². The van der Waals surface area contributed by atoms with Crippen molar-refractivity contribution in [2.75, 3.05) is 13.2 Å². The third-order valence-corrected chi connectivity index (χ3v) is 14.5. The van der Waals surface area contributed by atoms with Gasteiger partial charge in [0.15, 0.2) is 6.10 Å². The van der Waals surface area contributed by atoms with Crippen LogP contribution in [0.25, 0.3) is 0 Å². The van der Waals surface area contributed by atoms with Gasteiger partial charge in [0, 0.05) is 19.3 Å². The van der Waals surface area contributed by atoms with Gasteiger partial charge in [0.05, 0.1) is 0 Å². The van der Waals surface area contributed by atoms with Gasteiger partial charge in [0.25, 0.3) is 0 Å². The predicted octanol–water partition coefficient (Wildman–Crippen LogP) is 22.3. The molecule has 0 heterocycles. The Kier molecular flexibility index (Phi) is 61.2. The van der Waals surface area contributed by atoms with Gasteiger partial charge in [-0.25, -0.2) is 0 Å². The molecule has 75 heavy (non-hydrogen) atoms. The number of ether oxygens (including phenoxy) is 3. The summed E-state index contributed by atoms with van der Waals surface area (Å²) in [6, 6.07) is 0. The lowest BCUT2D eigenvalue weighted by molar-refractivity contribution is -0.167. The van der Waals surface area contributed by atoms with E-state index in [1.165, 1.54) is 218 Å². The maximum absolute atomic E-state index is 12.9. The Morgan fingerprint density at radius 3 is 0.827 bits per heavy atom. The number of unbranched alkanes of at least 4 members (excludes halogenated alkanes) is 39. The molecule has 0 amide bonds. The highest BCUT2D eigenvalue weighted by Crippen LogP contribution is 2.17. The summed E-state index contributed by atoms with van der Waals surface area (Å²) >= 11 is 0. The minimum Gasteiger partial charge on any atom is -0.462 e. The van der Waals surface area contributed by atoms with E-state index >= 15 is 0 Å². The normalized spacial score (nSPS) is 12.4. The van der Waals surface area contributed by atoms with E-state index in [0.29, 0.717) is 19.3 Å². The molecule has 0 N–H and O–H groups in total. The quantitative estimate of drug-likeness (QED) is 0.0261. The first-order valence-electron chi connectivity index (χ1n) is 32.8. The van der Waals surface area contributed by atoms with E-state index in [4.69, 9.17) is 14.2 Å². The molecule has 0 fully saturated rings. The van der Waals surface area contributed by atoms with Crippen LogP contribution in [-0.2, 0) is 28.6 Å². The molecule has 0 aromatic rings. The maximum Gasteiger partial charge on any atom is 0.306 e. The van der Waals surface area contributed by atoms with Crippen LogP contribution in [0.2, 0.25) is 0 Å². The Bertz CT molecular complexity index is 1340. The highest BCUT2D eigenvalue weighted by molar-refractivity contribution is 5.71. The van der Waals surface area contributed by atoms with Crippen LogP contribution in [0.3, 0.4) is 0 Å². The molecule has 0 bridgehead atoms. The van der Waals surface area contributed by atoms with Gasteiger partial charge in [-0.05, 0) is 83.5 Å². The average molecular weight is 1050 g/mol. The summed E-state index contributed by atoms with van der Waals surface area (Å²) in [5.41, 5.74) is 0. The van der Waals surface area contributed by atoms with Crippen molar-refractivity contribution in [1.82, 2.24) is 0 Å². The van der Waals surface area contributed by atoms with Gasteiger partial charge in [0.2, 0.25) is 0 Å². The molecule has 6 heteroatoms. The minimum atomic E-state index is -0.770. The van der Waals surface area contributed by atoms with Crippen LogP contribution < -0.4 is 0 Å². The molecule has 6 nitrogen and oxygen atoms in total. The second kappa shape index (κ2) is 63.6. The van der Waals surface area contributed by atoms with Crippen LogP contribution in [0.5, 0.6) is 0 Å². The van der Waals surface area contributed by atoms with Gasteiger partial charge in [-0.1, -0.05) is 300 Å². The summed E-state index contributed by atoms with van der Waals surface area (Å²) in [6.07, 6.45) is 81.2. The number of carbonyl (C=O) groups is 3. The van der Waals surface area contributed by atoms with Crippen molar-refractivity contribution in [2.24, 2.45) is 0 Å². The van der Waals surface area contributed by atoms with Crippen molar-refractivity contribution in [2.45, 2.75) is 348 Å². The van der Waals surface area contributed by atoms with Crippen molar-refractivity contribution >= 4 is 17.9 Å². The fourth-order valence-corrected chi connectivity index (χ4v) is 9.61. The van der Waals surface area contributed by atoms with Crippen molar-refractivity contribution in [3.63, 3.8) is 0 Å². The van der Waals surface area contributed by atoms with E-state index in [9.17, 15) is 14.4 Å². The summed E-state index contributed by atoms with van der Waals surface area (Å²) in [4.78, 5) is 38.1. The van der Waals surface area contributed by atoms with Crippen LogP contribution >= 0.6 is 0 Å². The molecule has 0 spiro atoms. The van der Waals surface area contributed by atoms with E-state index in [1.54, 1.807) is 0 Å². The lowest BCUT2D eigenvalue weighted by Crippen LogP contribution is -2.30. The smallest absolute Gasteiger partial charge is 0.306 e. The first kappa shape index (κ1) is 72.1. The van der Waals surface area contributed by atoms with Crippen LogP contribution in [-0.4, -0.2) is 37.2 Å². The maximum atomic E-state index is 12.9. The van der Waals surface area contributed by atoms with Gasteiger partial charge in [-0.3, -0.25) is 14.4 Å². The molecule has 1 atom stereocenters. The predicted molar refractivity (Wildman–Crippen MR) is 325 cm³/mol. The molecule has 0 radical (unpaired) electrons. The van der Waals surface area contributed by atoms with E-state index in [0.717, 1.165) is 83.5 Å². The summed E-state index contributed by atoms with van der Waals surface area (Å²) in [7, 11) is 0. The lowest BCUT2D eigenvalue weighted by atomic mass is 10.0. The van der Waals surface area contributed by atoms with E-state index in [2.05, 4.69) is 81.5 Å². The minimum absolute atomic E-state index is 0.0701. The molecule has 0 saturated carbocycles. The molecule has 1 unspecified atom stereocenters. The standard InChI is InChI=1S/C69H124O6/c1-4-7-10-13-16-18-20-22-24-26-28-29-30-31-32-33-34-35-36-37-38-39-41-42-44-46-48-50-53-56-59-62-68(71)74-65-66(64-73-67(70)61-58-55-52-15-12-9-6-3)75-69(72)63-60-57-54-51-49-47-45-43-40-27-25-23-21-19-17-14-11-8-5-2/h7,10,16,18,22-25,28-29,66H,4-6,8-9,11-15,17,19-21,26-27,30-65H2,1-3H3/b10-7-,18-16-,24-22-,25-23-,29-28-. The number of esters is 3. The first-order valence-corrected chi connectivity index (χ1v) is 32.8. The Hall–Kier alpha value is -2.89. The second-order valence-corrected chi connectivity index (χ2v) is 22.0. The summed E-state index contributed by atoms with van der Waals surface area (Å²) in [6.45, 7) is 6.52. The third-order valence-electron chi connectivity index (χ3n) is 14.5. The van der Waals surface area contributed by atoms with Crippen LogP contribution in [0.1, 0.15) is 342 Å².